The Morgan fingerprint density at radius 3 is 2.60 bits per heavy atom. The molecule has 1 aliphatic heterocycles. The minimum atomic E-state index is -3.69. The van der Waals surface area contributed by atoms with Crippen molar-refractivity contribution in [2.45, 2.75) is 43.4 Å². The summed E-state index contributed by atoms with van der Waals surface area (Å²) < 4.78 is 38.7. The summed E-state index contributed by atoms with van der Waals surface area (Å²) in [5.74, 6) is 0.862. The van der Waals surface area contributed by atoms with E-state index >= 15 is 0 Å². The molecule has 7 nitrogen and oxygen atoms in total. The third-order valence-corrected chi connectivity index (χ3v) is 6.74. The lowest BCUT2D eigenvalue weighted by Crippen LogP contribution is -2.25. The first kappa shape index (κ1) is 20.7. The average Bonchev–Trinajstić information content (AvgIpc) is 3.06. The Kier molecular flexibility index (Phi) is 6.24. The van der Waals surface area contributed by atoms with Gasteiger partial charge in [0, 0.05) is 31.1 Å². The lowest BCUT2D eigenvalue weighted by Gasteiger charge is -2.11. The molecule has 0 bridgehead atoms. The van der Waals surface area contributed by atoms with E-state index in [1.165, 1.54) is 23.3 Å². The van der Waals surface area contributed by atoms with Crippen LogP contribution < -0.4 is 19.5 Å². The third kappa shape index (κ3) is 4.94. The highest BCUT2D eigenvalue weighted by atomic mass is 32.2. The first-order chi connectivity index (χ1) is 14.5. The standard InChI is InChI=1S/C22H26N2O5S/c25-22(24-18-8-7-16-4-1-5-17(16)14-18)6-2-11-23-30(26,27)19-9-10-20-21(15-19)29-13-3-12-28-20/h7-10,14-15,23H,1-6,11-13H2,(H,24,25). The van der Waals surface area contributed by atoms with Gasteiger partial charge in [0.05, 0.1) is 18.1 Å². The van der Waals surface area contributed by atoms with Crippen LogP contribution in [0, 0.1) is 0 Å². The fraction of sp³-hybridized carbons (Fsp3) is 0.409. The number of amides is 1. The van der Waals surface area contributed by atoms with Crippen molar-refractivity contribution in [3.05, 3.63) is 47.5 Å². The molecule has 0 atom stereocenters. The molecule has 1 aliphatic carbocycles. The van der Waals surface area contributed by atoms with Crippen LogP contribution in [0.15, 0.2) is 41.3 Å². The van der Waals surface area contributed by atoms with E-state index in [1.807, 2.05) is 12.1 Å². The number of ether oxygens (including phenoxy) is 2. The van der Waals surface area contributed by atoms with Crippen molar-refractivity contribution in [3.63, 3.8) is 0 Å². The van der Waals surface area contributed by atoms with Gasteiger partial charge in [0.25, 0.3) is 0 Å². The molecule has 2 aromatic rings. The van der Waals surface area contributed by atoms with Crippen LogP contribution in [0.25, 0.3) is 0 Å². The molecular weight excluding hydrogens is 404 g/mol. The lowest BCUT2D eigenvalue weighted by atomic mass is 10.1. The van der Waals surface area contributed by atoms with Crippen molar-refractivity contribution in [2.75, 3.05) is 25.1 Å². The number of benzene rings is 2. The van der Waals surface area contributed by atoms with E-state index in [0.717, 1.165) is 31.4 Å². The maximum atomic E-state index is 12.5. The van der Waals surface area contributed by atoms with E-state index < -0.39 is 10.0 Å². The molecule has 8 heteroatoms. The zero-order chi connectivity index (χ0) is 21.0. The maximum Gasteiger partial charge on any atom is 0.240 e. The summed E-state index contributed by atoms with van der Waals surface area (Å²) in [6.07, 6.45) is 4.72. The lowest BCUT2D eigenvalue weighted by molar-refractivity contribution is -0.116. The molecule has 0 unspecified atom stereocenters. The number of nitrogens with one attached hydrogen (secondary N) is 2. The quantitative estimate of drug-likeness (QED) is 0.659. The summed E-state index contributed by atoms with van der Waals surface area (Å²) in [4.78, 5) is 12.3. The van der Waals surface area contributed by atoms with Gasteiger partial charge in [-0.25, -0.2) is 13.1 Å². The van der Waals surface area contributed by atoms with Crippen molar-refractivity contribution in [2.24, 2.45) is 0 Å². The summed E-state index contributed by atoms with van der Waals surface area (Å²) in [6, 6.07) is 10.6. The van der Waals surface area contributed by atoms with Crippen LogP contribution in [-0.4, -0.2) is 34.1 Å². The summed E-state index contributed by atoms with van der Waals surface area (Å²) in [5.41, 5.74) is 3.46. The second kappa shape index (κ2) is 9.06. The van der Waals surface area contributed by atoms with Crippen LogP contribution in [0.4, 0.5) is 5.69 Å². The van der Waals surface area contributed by atoms with Gasteiger partial charge in [0.2, 0.25) is 15.9 Å². The molecular formula is C22H26N2O5S. The van der Waals surface area contributed by atoms with Crippen molar-refractivity contribution in [1.29, 1.82) is 0 Å². The Balaban J connectivity index is 1.26. The molecule has 160 valence electrons. The van der Waals surface area contributed by atoms with Gasteiger partial charge < -0.3 is 14.8 Å². The monoisotopic (exact) mass is 430 g/mol. The second-order valence-electron chi connectivity index (χ2n) is 7.55. The summed E-state index contributed by atoms with van der Waals surface area (Å²) in [5, 5.41) is 2.89. The number of carbonyl (C=O) groups is 1. The average molecular weight is 431 g/mol. The Bertz CT molecular complexity index is 1040. The molecule has 0 saturated heterocycles. The summed E-state index contributed by atoms with van der Waals surface area (Å²) >= 11 is 0. The van der Waals surface area contributed by atoms with Crippen LogP contribution >= 0.6 is 0 Å². The van der Waals surface area contributed by atoms with Crippen molar-refractivity contribution in [1.82, 2.24) is 4.72 Å². The first-order valence-corrected chi connectivity index (χ1v) is 11.8. The Labute approximate surface area is 176 Å². The zero-order valence-electron chi connectivity index (χ0n) is 16.8. The van der Waals surface area contributed by atoms with Crippen LogP contribution in [0.2, 0.25) is 0 Å². The van der Waals surface area contributed by atoms with Gasteiger partial charge in [-0.15, -0.1) is 0 Å². The highest BCUT2D eigenvalue weighted by molar-refractivity contribution is 7.89. The van der Waals surface area contributed by atoms with Crippen molar-refractivity contribution < 1.29 is 22.7 Å². The zero-order valence-corrected chi connectivity index (χ0v) is 17.6. The van der Waals surface area contributed by atoms with Gasteiger partial charge in [-0.05, 0) is 61.1 Å². The third-order valence-electron chi connectivity index (χ3n) is 5.28. The minimum absolute atomic E-state index is 0.120. The van der Waals surface area contributed by atoms with Crippen LogP contribution in [0.3, 0.4) is 0 Å². The SMILES string of the molecule is O=C(CCCNS(=O)(=O)c1ccc2c(c1)OCCCO2)Nc1ccc2c(c1)CCC2. The Morgan fingerprint density at radius 2 is 1.73 bits per heavy atom. The minimum Gasteiger partial charge on any atom is -0.490 e. The predicted octanol–water partition coefficient (Wildman–Crippen LogP) is 3.03. The molecule has 30 heavy (non-hydrogen) atoms. The van der Waals surface area contributed by atoms with Crippen LogP contribution in [-0.2, 0) is 27.7 Å². The largest absolute Gasteiger partial charge is 0.490 e. The number of sulfonamides is 1. The van der Waals surface area contributed by atoms with E-state index in [2.05, 4.69) is 16.1 Å². The van der Waals surface area contributed by atoms with E-state index in [0.29, 0.717) is 31.1 Å². The molecule has 0 radical (unpaired) electrons. The highest BCUT2D eigenvalue weighted by Gasteiger charge is 2.18. The molecule has 0 saturated carbocycles. The number of carbonyl (C=O) groups excluding carboxylic acids is 1. The number of anilines is 1. The fourth-order valence-electron chi connectivity index (χ4n) is 3.72. The predicted molar refractivity (Wildman–Crippen MR) is 114 cm³/mol. The fourth-order valence-corrected chi connectivity index (χ4v) is 4.81. The molecule has 2 N–H and O–H groups in total. The van der Waals surface area contributed by atoms with Crippen LogP contribution in [0.1, 0.15) is 36.8 Å². The molecule has 1 heterocycles. The van der Waals surface area contributed by atoms with Gasteiger partial charge in [0.1, 0.15) is 0 Å². The summed E-state index contributed by atoms with van der Waals surface area (Å²) in [7, 11) is -3.69. The van der Waals surface area contributed by atoms with Gasteiger partial charge in [-0.3, -0.25) is 4.79 Å². The number of fused-ring (bicyclic) bond motifs is 2. The topological polar surface area (TPSA) is 93.7 Å². The molecule has 2 aromatic carbocycles. The molecule has 2 aliphatic rings. The number of hydrogen-bond acceptors (Lipinski definition) is 5. The number of aryl methyl sites for hydroxylation is 2. The summed E-state index contributed by atoms with van der Waals surface area (Å²) in [6.45, 7) is 1.21. The van der Waals surface area contributed by atoms with Gasteiger partial charge in [-0.2, -0.15) is 0 Å². The van der Waals surface area contributed by atoms with E-state index in [1.54, 1.807) is 6.07 Å². The van der Waals surface area contributed by atoms with Gasteiger partial charge >= 0.3 is 0 Å². The maximum absolute atomic E-state index is 12.5. The van der Waals surface area contributed by atoms with E-state index in [9.17, 15) is 13.2 Å². The highest BCUT2D eigenvalue weighted by Crippen LogP contribution is 2.31. The van der Waals surface area contributed by atoms with Gasteiger partial charge in [-0.1, -0.05) is 6.07 Å². The Hall–Kier alpha value is -2.58. The molecule has 4 rings (SSSR count). The van der Waals surface area contributed by atoms with Crippen LogP contribution in [0.5, 0.6) is 11.5 Å². The van der Waals surface area contributed by atoms with Crippen molar-refractivity contribution in [3.8, 4) is 11.5 Å². The molecule has 1 amide bonds. The Morgan fingerprint density at radius 1 is 0.933 bits per heavy atom. The normalized spacial score (nSPS) is 15.3. The number of hydrogen-bond donors (Lipinski definition) is 2. The van der Waals surface area contributed by atoms with Crippen molar-refractivity contribution >= 4 is 21.6 Å². The van der Waals surface area contributed by atoms with E-state index in [-0.39, 0.29) is 23.8 Å². The second-order valence-corrected chi connectivity index (χ2v) is 9.31. The molecule has 0 fully saturated rings. The van der Waals surface area contributed by atoms with Gasteiger partial charge in [0.15, 0.2) is 11.5 Å². The van der Waals surface area contributed by atoms with E-state index in [4.69, 9.17) is 9.47 Å². The first-order valence-electron chi connectivity index (χ1n) is 10.3. The number of rotatable bonds is 7. The smallest absolute Gasteiger partial charge is 0.240 e. The molecule has 0 aromatic heterocycles. The molecule has 0 spiro atoms.